The molecule has 1 aromatic carbocycles. The molecule has 0 aromatic heterocycles. The van der Waals surface area contributed by atoms with E-state index in [1.54, 1.807) is 13.0 Å². The lowest BCUT2D eigenvalue weighted by molar-refractivity contribution is -0.138. The molecule has 0 radical (unpaired) electrons. The van der Waals surface area contributed by atoms with E-state index in [0.29, 0.717) is 5.56 Å². The first kappa shape index (κ1) is 11.0. The van der Waals surface area contributed by atoms with Gasteiger partial charge in [-0.05, 0) is 31.0 Å². The highest BCUT2D eigenvalue weighted by Gasteiger charge is 2.32. The second-order valence-electron chi connectivity index (χ2n) is 3.36. The van der Waals surface area contributed by atoms with Gasteiger partial charge in [-0.1, -0.05) is 12.1 Å². The van der Waals surface area contributed by atoms with Crippen LogP contribution in [0, 0.1) is 6.92 Å². The Hall–Kier alpha value is -1.03. The Balaban J connectivity index is 3.22. The third-order valence-electron chi connectivity index (χ3n) is 2.09. The van der Waals surface area contributed by atoms with Crippen molar-refractivity contribution in [2.24, 2.45) is 5.73 Å². The molecule has 4 heteroatoms. The molecule has 1 atom stereocenters. The van der Waals surface area contributed by atoms with Crippen LogP contribution >= 0.6 is 0 Å². The van der Waals surface area contributed by atoms with Gasteiger partial charge in [0.15, 0.2) is 0 Å². The van der Waals surface area contributed by atoms with Crippen LogP contribution in [0.4, 0.5) is 13.2 Å². The highest BCUT2D eigenvalue weighted by Crippen LogP contribution is 2.33. The van der Waals surface area contributed by atoms with E-state index in [9.17, 15) is 13.2 Å². The minimum absolute atomic E-state index is 0.224. The van der Waals surface area contributed by atoms with Crippen molar-refractivity contribution in [2.75, 3.05) is 0 Å². The van der Waals surface area contributed by atoms with Crippen molar-refractivity contribution in [3.8, 4) is 0 Å². The summed E-state index contributed by atoms with van der Waals surface area (Å²) in [5.41, 5.74) is 5.63. The summed E-state index contributed by atoms with van der Waals surface area (Å²) in [5.74, 6) is 0. The van der Waals surface area contributed by atoms with Crippen molar-refractivity contribution >= 4 is 0 Å². The van der Waals surface area contributed by atoms with Gasteiger partial charge in [-0.2, -0.15) is 13.2 Å². The normalized spacial score (nSPS) is 14.1. The Morgan fingerprint density at radius 3 is 2.29 bits per heavy atom. The van der Waals surface area contributed by atoms with Gasteiger partial charge >= 0.3 is 6.18 Å². The van der Waals surface area contributed by atoms with Crippen LogP contribution in [0.5, 0.6) is 0 Å². The molecule has 2 N–H and O–H groups in total. The Bertz CT molecular complexity index is 329. The Morgan fingerprint density at radius 2 is 1.86 bits per heavy atom. The molecule has 78 valence electrons. The lowest BCUT2D eigenvalue weighted by Gasteiger charge is -2.13. The third-order valence-corrected chi connectivity index (χ3v) is 2.09. The number of benzene rings is 1. The number of rotatable bonds is 1. The van der Waals surface area contributed by atoms with Gasteiger partial charge in [0, 0.05) is 6.04 Å². The average Bonchev–Trinajstić information content (AvgIpc) is 2.02. The van der Waals surface area contributed by atoms with Gasteiger partial charge in [0.1, 0.15) is 0 Å². The molecule has 0 heterocycles. The molecule has 0 bridgehead atoms. The van der Waals surface area contributed by atoms with E-state index in [-0.39, 0.29) is 11.6 Å². The largest absolute Gasteiger partial charge is 0.416 e. The van der Waals surface area contributed by atoms with Crippen LogP contribution in [-0.2, 0) is 6.18 Å². The smallest absolute Gasteiger partial charge is 0.324 e. The van der Waals surface area contributed by atoms with Crippen LogP contribution in [0.15, 0.2) is 18.2 Å². The van der Waals surface area contributed by atoms with Crippen molar-refractivity contribution < 1.29 is 13.2 Å². The zero-order valence-corrected chi connectivity index (χ0v) is 8.02. The van der Waals surface area contributed by atoms with E-state index in [4.69, 9.17) is 5.73 Å². The SMILES string of the molecule is Cc1ccc(C(C)N)cc1C(F)(F)F. The van der Waals surface area contributed by atoms with E-state index >= 15 is 0 Å². The first-order valence-corrected chi connectivity index (χ1v) is 4.25. The standard InChI is InChI=1S/C10H12F3N/c1-6-3-4-8(7(2)14)5-9(6)10(11,12)13/h3-5,7H,14H2,1-2H3. The molecule has 0 spiro atoms. The van der Waals surface area contributed by atoms with Crippen LogP contribution in [0.25, 0.3) is 0 Å². The maximum atomic E-state index is 12.5. The number of halogens is 3. The quantitative estimate of drug-likeness (QED) is 0.745. The first-order chi connectivity index (χ1) is 6.32. The van der Waals surface area contributed by atoms with Gasteiger partial charge in [0.05, 0.1) is 5.56 Å². The van der Waals surface area contributed by atoms with Crippen molar-refractivity contribution in [1.29, 1.82) is 0 Å². The molecule has 0 aliphatic carbocycles. The summed E-state index contributed by atoms with van der Waals surface area (Å²) >= 11 is 0. The number of hydrogen-bond donors (Lipinski definition) is 1. The van der Waals surface area contributed by atoms with Gasteiger partial charge in [0.25, 0.3) is 0 Å². The maximum absolute atomic E-state index is 12.5. The zero-order chi connectivity index (χ0) is 10.9. The Labute approximate surface area is 80.7 Å². The predicted octanol–water partition coefficient (Wildman–Crippen LogP) is 3.03. The summed E-state index contributed by atoms with van der Waals surface area (Å²) in [6, 6.07) is 3.80. The zero-order valence-electron chi connectivity index (χ0n) is 8.02. The summed E-state index contributed by atoms with van der Waals surface area (Å²) in [7, 11) is 0. The molecule has 14 heavy (non-hydrogen) atoms. The highest BCUT2D eigenvalue weighted by atomic mass is 19.4. The molecule has 0 aliphatic heterocycles. The van der Waals surface area contributed by atoms with Crippen molar-refractivity contribution in [3.63, 3.8) is 0 Å². The summed E-state index contributed by atoms with van der Waals surface area (Å²) in [6.45, 7) is 3.10. The van der Waals surface area contributed by atoms with Gasteiger partial charge in [-0.15, -0.1) is 0 Å². The van der Waals surface area contributed by atoms with E-state index in [0.717, 1.165) is 6.07 Å². The topological polar surface area (TPSA) is 26.0 Å². The molecule has 1 rings (SSSR count). The lowest BCUT2D eigenvalue weighted by Crippen LogP contribution is -2.11. The molecule has 0 saturated heterocycles. The van der Waals surface area contributed by atoms with E-state index in [1.165, 1.54) is 13.0 Å². The van der Waals surface area contributed by atoms with Crippen molar-refractivity contribution in [3.05, 3.63) is 34.9 Å². The number of alkyl halides is 3. The minimum Gasteiger partial charge on any atom is -0.324 e. The minimum atomic E-state index is -4.30. The molecule has 1 nitrogen and oxygen atoms in total. The average molecular weight is 203 g/mol. The van der Waals surface area contributed by atoms with Crippen LogP contribution < -0.4 is 5.73 Å². The van der Waals surface area contributed by atoms with Crippen LogP contribution in [-0.4, -0.2) is 0 Å². The highest BCUT2D eigenvalue weighted by molar-refractivity contribution is 5.34. The fourth-order valence-corrected chi connectivity index (χ4v) is 1.23. The van der Waals surface area contributed by atoms with Crippen LogP contribution in [0.2, 0.25) is 0 Å². The molecule has 0 aliphatic rings. The summed E-state index contributed by atoms with van der Waals surface area (Å²) in [4.78, 5) is 0. The monoisotopic (exact) mass is 203 g/mol. The summed E-state index contributed by atoms with van der Waals surface area (Å²) in [5, 5.41) is 0. The summed E-state index contributed by atoms with van der Waals surface area (Å²) < 4.78 is 37.4. The molecular weight excluding hydrogens is 191 g/mol. The van der Waals surface area contributed by atoms with Crippen molar-refractivity contribution in [2.45, 2.75) is 26.1 Å². The second kappa shape index (κ2) is 3.61. The van der Waals surface area contributed by atoms with E-state index in [1.807, 2.05) is 0 Å². The fourth-order valence-electron chi connectivity index (χ4n) is 1.23. The third kappa shape index (κ3) is 2.26. The van der Waals surface area contributed by atoms with E-state index in [2.05, 4.69) is 0 Å². The van der Waals surface area contributed by atoms with Gasteiger partial charge in [-0.25, -0.2) is 0 Å². The molecule has 0 fully saturated rings. The first-order valence-electron chi connectivity index (χ1n) is 4.25. The van der Waals surface area contributed by atoms with Crippen LogP contribution in [0.1, 0.15) is 29.7 Å². The molecule has 0 saturated carbocycles. The maximum Gasteiger partial charge on any atom is 0.416 e. The fraction of sp³-hybridized carbons (Fsp3) is 0.400. The number of nitrogens with two attached hydrogens (primary N) is 1. The second-order valence-corrected chi connectivity index (χ2v) is 3.36. The van der Waals surface area contributed by atoms with E-state index < -0.39 is 11.7 Å². The number of aryl methyl sites for hydroxylation is 1. The van der Waals surface area contributed by atoms with Crippen LogP contribution in [0.3, 0.4) is 0 Å². The van der Waals surface area contributed by atoms with Gasteiger partial charge < -0.3 is 5.73 Å². The van der Waals surface area contributed by atoms with Gasteiger partial charge in [-0.3, -0.25) is 0 Å². The molecule has 1 unspecified atom stereocenters. The molecule has 1 aromatic rings. The number of hydrogen-bond acceptors (Lipinski definition) is 1. The Kier molecular flexibility index (Phi) is 2.85. The summed E-state index contributed by atoms with van der Waals surface area (Å²) in [6.07, 6.45) is -4.30. The Morgan fingerprint density at radius 1 is 1.29 bits per heavy atom. The van der Waals surface area contributed by atoms with Crippen molar-refractivity contribution in [1.82, 2.24) is 0 Å². The molecular formula is C10H12F3N. The van der Waals surface area contributed by atoms with Gasteiger partial charge in [0.2, 0.25) is 0 Å². The predicted molar refractivity (Wildman–Crippen MR) is 48.8 cm³/mol. The molecule has 0 amide bonds. The lowest BCUT2D eigenvalue weighted by atomic mass is 10.0.